The Hall–Kier alpha value is -3.02. The smallest absolute Gasteiger partial charge is 0.450 e. The van der Waals surface area contributed by atoms with E-state index >= 15 is 0 Å². The van der Waals surface area contributed by atoms with Crippen LogP contribution in [-0.2, 0) is 6.18 Å². The molecule has 0 bridgehead atoms. The van der Waals surface area contributed by atoms with E-state index in [1.54, 1.807) is 48.5 Å². The minimum atomic E-state index is -4.57. The Kier molecular flexibility index (Phi) is 3.42. The maximum absolute atomic E-state index is 13.6. The number of hydrogen-bond acceptors (Lipinski definition) is 2. The fourth-order valence-electron chi connectivity index (χ4n) is 2.99. The van der Waals surface area contributed by atoms with Crippen molar-refractivity contribution < 1.29 is 17.9 Å². The molecular weight excluding hydrogens is 329 g/mol. The third-order valence-corrected chi connectivity index (χ3v) is 4.13. The highest BCUT2D eigenvalue weighted by Gasteiger charge is 2.38. The van der Waals surface area contributed by atoms with Gasteiger partial charge in [-0.05, 0) is 35.7 Å². The van der Waals surface area contributed by atoms with Gasteiger partial charge in [-0.25, -0.2) is 4.98 Å². The van der Waals surface area contributed by atoms with E-state index < -0.39 is 12.0 Å². The van der Waals surface area contributed by atoms with E-state index in [2.05, 4.69) is 4.98 Å². The molecule has 4 aromatic rings. The molecule has 0 N–H and O–H groups in total. The summed E-state index contributed by atoms with van der Waals surface area (Å²) >= 11 is 0. The highest BCUT2D eigenvalue weighted by molar-refractivity contribution is 6.04. The second kappa shape index (κ2) is 5.51. The van der Waals surface area contributed by atoms with Gasteiger partial charge in [0, 0.05) is 11.1 Å². The quantitative estimate of drug-likeness (QED) is 0.500. The summed E-state index contributed by atoms with van der Waals surface area (Å²) in [5, 5.41) is 1.54. The van der Waals surface area contributed by atoms with Crippen LogP contribution in [0.25, 0.3) is 27.5 Å². The van der Waals surface area contributed by atoms with Crippen LogP contribution < -0.4 is 4.74 Å². The molecule has 1 aromatic heterocycles. The molecule has 4 rings (SSSR count). The Bertz CT molecular complexity index is 1070. The first-order valence-corrected chi connectivity index (χ1v) is 7.61. The maximum Gasteiger partial charge on any atom is 0.450 e. The number of hydrogen-bond donors (Lipinski definition) is 0. The van der Waals surface area contributed by atoms with Gasteiger partial charge in [0.1, 0.15) is 5.75 Å². The van der Waals surface area contributed by atoms with E-state index in [0.717, 1.165) is 9.95 Å². The molecule has 0 aliphatic heterocycles. The molecule has 0 spiro atoms. The minimum Gasteiger partial charge on any atom is -0.497 e. The predicted octanol–water partition coefficient (Wildman–Crippen LogP) is 5.21. The lowest BCUT2D eigenvalue weighted by Gasteiger charge is -2.12. The van der Waals surface area contributed by atoms with Crippen molar-refractivity contribution in [2.75, 3.05) is 7.11 Å². The molecule has 0 radical (unpaired) electrons. The van der Waals surface area contributed by atoms with Gasteiger partial charge < -0.3 is 4.74 Å². The number of imidazole rings is 1. The molecule has 25 heavy (non-hydrogen) atoms. The summed E-state index contributed by atoms with van der Waals surface area (Å²) in [6.07, 6.45) is -4.57. The molecule has 0 saturated carbocycles. The minimum absolute atomic E-state index is 0.334. The molecule has 0 aliphatic carbocycles. The Balaban J connectivity index is 2.08. The van der Waals surface area contributed by atoms with E-state index in [1.165, 1.54) is 7.11 Å². The molecule has 126 valence electrons. The third kappa shape index (κ3) is 2.50. The van der Waals surface area contributed by atoms with Gasteiger partial charge in [-0.3, -0.25) is 4.57 Å². The van der Waals surface area contributed by atoms with Gasteiger partial charge in [-0.2, -0.15) is 13.2 Å². The molecule has 3 nitrogen and oxygen atoms in total. The summed E-state index contributed by atoms with van der Waals surface area (Å²) < 4.78 is 47.1. The van der Waals surface area contributed by atoms with Crippen molar-refractivity contribution in [1.29, 1.82) is 0 Å². The Morgan fingerprint density at radius 3 is 2.32 bits per heavy atom. The number of halogens is 3. The van der Waals surface area contributed by atoms with Crippen LogP contribution in [0, 0.1) is 0 Å². The lowest BCUT2D eigenvalue weighted by molar-refractivity contribution is -0.145. The summed E-state index contributed by atoms with van der Waals surface area (Å²) in [6, 6.07) is 17.2. The Morgan fingerprint density at radius 2 is 1.64 bits per heavy atom. The van der Waals surface area contributed by atoms with Gasteiger partial charge in [-0.1, -0.05) is 30.3 Å². The van der Waals surface area contributed by atoms with Crippen molar-refractivity contribution in [3.63, 3.8) is 0 Å². The average molecular weight is 342 g/mol. The molecule has 0 saturated heterocycles. The van der Waals surface area contributed by atoms with E-state index in [4.69, 9.17) is 4.74 Å². The number of methoxy groups -OCH3 is 1. The molecule has 0 unspecified atom stereocenters. The summed E-state index contributed by atoms with van der Waals surface area (Å²) in [5.41, 5.74) is 1.13. The monoisotopic (exact) mass is 342 g/mol. The summed E-state index contributed by atoms with van der Waals surface area (Å²) in [5.74, 6) is -0.365. The summed E-state index contributed by atoms with van der Waals surface area (Å²) in [7, 11) is 1.51. The molecule has 6 heteroatoms. The number of nitrogens with zero attached hydrogens (tertiary/aromatic N) is 2. The van der Waals surface area contributed by atoms with Gasteiger partial charge in [0.05, 0.1) is 18.1 Å². The first kappa shape index (κ1) is 15.5. The second-order valence-corrected chi connectivity index (χ2v) is 5.62. The molecule has 0 aliphatic rings. The molecule has 0 fully saturated rings. The van der Waals surface area contributed by atoms with E-state index in [0.29, 0.717) is 27.9 Å². The van der Waals surface area contributed by atoms with Crippen LogP contribution in [0.2, 0.25) is 0 Å². The van der Waals surface area contributed by atoms with Crippen molar-refractivity contribution in [2.24, 2.45) is 0 Å². The number of alkyl halides is 3. The molecule has 3 aromatic carbocycles. The van der Waals surface area contributed by atoms with Crippen LogP contribution >= 0.6 is 0 Å². The highest BCUT2D eigenvalue weighted by atomic mass is 19.4. The zero-order valence-corrected chi connectivity index (χ0v) is 13.2. The van der Waals surface area contributed by atoms with Crippen LogP contribution in [0.4, 0.5) is 13.2 Å². The second-order valence-electron chi connectivity index (χ2n) is 5.62. The number of benzene rings is 3. The largest absolute Gasteiger partial charge is 0.497 e. The number of ether oxygens (including phenoxy) is 1. The van der Waals surface area contributed by atoms with Crippen molar-refractivity contribution in [1.82, 2.24) is 9.55 Å². The fourth-order valence-corrected chi connectivity index (χ4v) is 2.99. The fraction of sp³-hybridized carbons (Fsp3) is 0.105. The standard InChI is InChI=1S/C19H13F3N2O/c1-25-14-9-7-13(8-10-14)24-16-11-6-12-4-2-3-5-15(12)17(16)23-18(24)19(20,21)22/h2-11H,1H3. The van der Waals surface area contributed by atoms with Crippen molar-refractivity contribution in [3.05, 3.63) is 66.5 Å². The average Bonchev–Trinajstić information content (AvgIpc) is 3.02. The predicted molar refractivity (Wildman–Crippen MR) is 90.1 cm³/mol. The lowest BCUT2D eigenvalue weighted by atomic mass is 10.1. The van der Waals surface area contributed by atoms with Crippen molar-refractivity contribution in [2.45, 2.75) is 6.18 Å². The van der Waals surface area contributed by atoms with Crippen LogP contribution in [0.1, 0.15) is 5.82 Å². The van der Waals surface area contributed by atoms with Gasteiger partial charge in [-0.15, -0.1) is 0 Å². The molecule has 1 heterocycles. The maximum atomic E-state index is 13.6. The van der Waals surface area contributed by atoms with E-state index in [9.17, 15) is 13.2 Å². The number of rotatable bonds is 2. The van der Waals surface area contributed by atoms with Crippen LogP contribution in [0.15, 0.2) is 60.7 Å². The Morgan fingerprint density at radius 1 is 0.920 bits per heavy atom. The third-order valence-electron chi connectivity index (χ3n) is 4.13. The van der Waals surface area contributed by atoms with Gasteiger partial charge in [0.15, 0.2) is 0 Å². The summed E-state index contributed by atoms with van der Waals surface area (Å²) in [6.45, 7) is 0. The summed E-state index contributed by atoms with van der Waals surface area (Å²) in [4.78, 5) is 3.94. The normalized spacial score (nSPS) is 12.0. The van der Waals surface area contributed by atoms with Crippen LogP contribution in [-0.4, -0.2) is 16.7 Å². The van der Waals surface area contributed by atoms with Gasteiger partial charge in [0.2, 0.25) is 5.82 Å². The van der Waals surface area contributed by atoms with Crippen molar-refractivity contribution >= 4 is 21.8 Å². The Labute approximate surface area is 141 Å². The SMILES string of the molecule is COc1ccc(-n2c(C(F)(F)F)nc3c4ccccc4ccc32)cc1. The van der Waals surface area contributed by atoms with E-state index in [-0.39, 0.29) is 0 Å². The van der Waals surface area contributed by atoms with Crippen LogP contribution in [0.3, 0.4) is 0 Å². The number of fused-ring (bicyclic) bond motifs is 3. The molecule has 0 amide bonds. The molecular formula is C19H13F3N2O. The first-order chi connectivity index (χ1) is 12.0. The van der Waals surface area contributed by atoms with Gasteiger partial charge >= 0.3 is 6.18 Å². The van der Waals surface area contributed by atoms with Crippen molar-refractivity contribution in [3.8, 4) is 11.4 Å². The van der Waals surface area contributed by atoms with Crippen LogP contribution in [0.5, 0.6) is 5.75 Å². The lowest BCUT2D eigenvalue weighted by Crippen LogP contribution is -2.13. The zero-order valence-electron chi connectivity index (χ0n) is 13.2. The molecule has 0 atom stereocenters. The van der Waals surface area contributed by atoms with Gasteiger partial charge in [0.25, 0.3) is 0 Å². The number of aromatic nitrogens is 2. The first-order valence-electron chi connectivity index (χ1n) is 7.61. The highest BCUT2D eigenvalue weighted by Crippen LogP contribution is 2.36. The topological polar surface area (TPSA) is 27.1 Å². The zero-order chi connectivity index (χ0) is 17.6. The van der Waals surface area contributed by atoms with E-state index in [1.807, 2.05) is 12.1 Å².